The lowest BCUT2D eigenvalue weighted by atomic mass is 9.81. The highest BCUT2D eigenvalue weighted by Gasteiger charge is 2.37. The number of benzene rings is 1. The van der Waals surface area contributed by atoms with E-state index in [9.17, 15) is 9.59 Å². The van der Waals surface area contributed by atoms with Gasteiger partial charge in [-0.05, 0) is 43.9 Å². The number of hydrogen-bond acceptors (Lipinski definition) is 3. The van der Waals surface area contributed by atoms with Crippen molar-refractivity contribution in [2.45, 2.75) is 51.5 Å². The minimum Gasteiger partial charge on any atom is -0.335 e. The zero-order valence-corrected chi connectivity index (χ0v) is 15.5. The van der Waals surface area contributed by atoms with Crippen LogP contribution in [-0.2, 0) is 9.59 Å². The van der Waals surface area contributed by atoms with Gasteiger partial charge in [0, 0.05) is 12.7 Å². The molecule has 1 saturated carbocycles. The Hall–Kier alpha value is -1.59. The van der Waals surface area contributed by atoms with Gasteiger partial charge in [-0.3, -0.25) is 9.59 Å². The molecule has 1 aliphatic rings. The van der Waals surface area contributed by atoms with Gasteiger partial charge in [0.15, 0.2) is 0 Å². The van der Waals surface area contributed by atoms with Crippen molar-refractivity contribution in [2.24, 2.45) is 5.73 Å². The number of likely N-dealkylation sites (N-methyl/N-ethyl adjacent to an activating group) is 1. The maximum atomic E-state index is 12.5. The summed E-state index contributed by atoms with van der Waals surface area (Å²) in [6, 6.07) is 5.78. The number of carbonyl (C=O) groups excluding carboxylic acids is 2. The molecule has 1 aliphatic carbocycles. The first-order chi connectivity index (χ1) is 10.8. The number of hydrogen-bond donors (Lipinski definition) is 2. The molecule has 6 heteroatoms. The van der Waals surface area contributed by atoms with Crippen molar-refractivity contribution in [3.8, 4) is 0 Å². The second kappa shape index (κ2) is 8.49. The van der Waals surface area contributed by atoms with Crippen molar-refractivity contribution in [3.05, 3.63) is 29.3 Å². The Kier molecular flexibility index (Phi) is 7.24. The van der Waals surface area contributed by atoms with Gasteiger partial charge in [0.25, 0.3) is 0 Å². The number of carbonyl (C=O) groups is 2. The van der Waals surface area contributed by atoms with E-state index in [0.29, 0.717) is 12.8 Å². The molecular weight excluding hydrogens is 326 g/mol. The van der Waals surface area contributed by atoms with Crippen molar-refractivity contribution in [2.75, 3.05) is 18.9 Å². The topological polar surface area (TPSA) is 75.4 Å². The van der Waals surface area contributed by atoms with Gasteiger partial charge in [-0.15, -0.1) is 12.4 Å². The first kappa shape index (κ1) is 20.5. The van der Waals surface area contributed by atoms with Crippen LogP contribution in [0.1, 0.15) is 43.2 Å². The normalized spacial score (nSPS) is 16.0. The molecule has 1 aromatic rings. The third-order valence-electron chi connectivity index (χ3n) is 4.78. The molecule has 5 nitrogen and oxygen atoms in total. The SMILES string of the molecule is Cc1cccc(NC(=O)CN(C)C(=O)C2(N)CCCCC2)c1C.Cl. The number of halogens is 1. The standard InChI is InChI=1S/C18H27N3O2.ClH/c1-13-8-7-9-15(14(13)2)20-16(22)12-21(3)17(23)18(19)10-5-4-6-11-18;/h7-9H,4-6,10-12,19H2,1-3H3,(H,20,22);1H. The van der Waals surface area contributed by atoms with Crippen molar-refractivity contribution < 1.29 is 9.59 Å². The van der Waals surface area contributed by atoms with Crippen LogP contribution in [0.4, 0.5) is 5.69 Å². The molecule has 0 radical (unpaired) electrons. The Balaban J connectivity index is 0.00000288. The molecule has 2 amide bonds. The number of anilines is 1. The summed E-state index contributed by atoms with van der Waals surface area (Å²) in [5.74, 6) is -0.331. The summed E-state index contributed by atoms with van der Waals surface area (Å²) < 4.78 is 0. The van der Waals surface area contributed by atoms with Gasteiger partial charge < -0.3 is 16.0 Å². The smallest absolute Gasteiger partial charge is 0.243 e. The first-order valence-electron chi connectivity index (χ1n) is 8.24. The van der Waals surface area contributed by atoms with E-state index < -0.39 is 5.54 Å². The van der Waals surface area contributed by atoms with Crippen LogP contribution in [0, 0.1) is 13.8 Å². The van der Waals surface area contributed by atoms with Gasteiger partial charge in [0.05, 0.1) is 12.1 Å². The highest BCUT2D eigenvalue weighted by Crippen LogP contribution is 2.27. The van der Waals surface area contributed by atoms with Crippen molar-refractivity contribution in [1.29, 1.82) is 0 Å². The molecule has 0 aromatic heterocycles. The summed E-state index contributed by atoms with van der Waals surface area (Å²) in [6.45, 7) is 3.99. The minimum atomic E-state index is -0.799. The largest absolute Gasteiger partial charge is 0.335 e. The van der Waals surface area contributed by atoms with E-state index in [0.717, 1.165) is 36.1 Å². The molecular formula is C18H28ClN3O2. The van der Waals surface area contributed by atoms with Crippen molar-refractivity contribution >= 4 is 29.9 Å². The predicted molar refractivity (Wildman–Crippen MR) is 99.4 cm³/mol. The first-order valence-corrected chi connectivity index (χ1v) is 8.24. The molecule has 0 saturated heterocycles. The van der Waals surface area contributed by atoms with Crippen LogP contribution < -0.4 is 11.1 Å². The zero-order chi connectivity index (χ0) is 17.0. The van der Waals surface area contributed by atoms with Gasteiger partial charge in [0.1, 0.15) is 0 Å². The second-order valence-corrected chi connectivity index (χ2v) is 6.67. The van der Waals surface area contributed by atoms with Gasteiger partial charge in [-0.1, -0.05) is 31.4 Å². The number of rotatable bonds is 4. The summed E-state index contributed by atoms with van der Waals surface area (Å²) in [5.41, 5.74) is 8.40. The Morgan fingerprint density at radius 3 is 2.46 bits per heavy atom. The summed E-state index contributed by atoms with van der Waals surface area (Å²) in [7, 11) is 1.65. The van der Waals surface area contributed by atoms with Crippen LogP contribution in [-0.4, -0.2) is 35.8 Å². The minimum absolute atomic E-state index is 0. The Morgan fingerprint density at radius 1 is 1.21 bits per heavy atom. The van der Waals surface area contributed by atoms with Crippen molar-refractivity contribution in [3.63, 3.8) is 0 Å². The summed E-state index contributed by atoms with van der Waals surface area (Å²) in [6.07, 6.45) is 4.49. The molecule has 0 bridgehead atoms. The molecule has 0 unspecified atom stereocenters. The van der Waals surface area contributed by atoms with Crippen LogP contribution in [0.25, 0.3) is 0 Å². The van der Waals surface area contributed by atoms with Gasteiger partial charge in [-0.2, -0.15) is 0 Å². The lowest BCUT2D eigenvalue weighted by molar-refractivity contribution is -0.139. The Morgan fingerprint density at radius 2 is 1.83 bits per heavy atom. The van der Waals surface area contributed by atoms with Crippen LogP contribution >= 0.6 is 12.4 Å². The number of amides is 2. The zero-order valence-electron chi connectivity index (χ0n) is 14.7. The lowest BCUT2D eigenvalue weighted by Gasteiger charge is -2.35. The van der Waals surface area contributed by atoms with Gasteiger partial charge in [-0.25, -0.2) is 0 Å². The summed E-state index contributed by atoms with van der Waals surface area (Å²) in [4.78, 5) is 26.2. The Bertz CT molecular complexity index is 598. The third kappa shape index (κ3) is 4.71. The molecule has 0 atom stereocenters. The highest BCUT2D eigenvalue weighted by atomic mass is 35.5. The van der Waals surface area contributed by atoms with Crippen LogP contribution in [0.5, 0.6) is 0 Å². The summed E-state index contributed by atoms with van der Waals surface area (Å²) in [5, 5.41) is 2.88. The molecule has 134 valence electrons. The van der Waals surface area contributed by atoms with Gasteiger partial charge in [0.2, 0.25) is 11.8 Å². The summed E-state index contributed by atoms with van der Waals surface area (Å²) >= 11 is 0. The van der Waals surface area contributed by atoms with E-state index in [4.69, 9.17) is 5.73 Å². The number of nitrogens with zero attached hydrogens (tertiary/aromatic N) is 1. The van der Waals surface area contributed by atoms with Crippen LogP contribution in [0.2, 0.25) is 0 Å². The van der Waals surface area contributed by atoms with E-state index in [2.05, 4.69) is 5.32 Å². The monoisotopic (exact) mass is 353 g/mol. The fraction of sp³-hybridized carbons (Fsp3) is 0.556. The second-order valence-electron chi connectivity index (χ2n) is 6.67. The maximum absolute atomic E-state index is 12.5. The van der Waals surface area contributed by atoms with Crippen LogP contribution in [0.3, 0.4) is 0 Å². The highest BCUT2D eigenvalue weighted by molar-refractivity contribution is 5.96. The average Bonchev–Trinajstić information content (AvgIpc) is 2.51. The van der Waals surface area contributed by atoms with Gasteiger partial charge >= 0.3 is 0 Å². The molecule has 0 aliphatic heterocycles. The van der Waals surface area contributed by atoms with E-state index in [1.165, 1.54) is 4.90 Å². The van der Waals surface area contributed by atoms with Crippen LogP contribution in [0.15, 0.2) is 18.2 Å². The fourth-order valence-corrected chi connectivity index (χ4v) is 3.14. The Labute approximate surface area is 150 Å². The third-order valence-corrected chi connectivity index (χ3v) is 4.78. The van der Waals surface area contributed by atoms with E-state index >= 15 is 0 Å². The molecule has 2 rings (SSSR count). The molecule has 0 spiro atoms. The van der Waals surface area contributed by atoms with E-state index in [1.807, 2.05) is 32.0 Å². The van der Waals surface area contributed by atoms with E-state index in [-0.39, 0.29) is 30.8 Å². The van der Waals surface area contributed by atoms with Crippen molar-refractivity contribution in [1.82, 2.24) is 4.90 Å². The lowest BCUT2D eigenvalue weighted by Crippen LogP contribution is -2.56. The van der Waals surface area contributed by atoms with E-state index in [1.54, 1.807) is 7.05 Å². The molecule has 3 N–H and O–H groups in total. The predicted octanol–water partition coefficient (Wildman–Crippen LogP) is 2.78. The molecule has 24 heavy (non-hydrogen) atoms. The molecule has 0 heterocycles. The number of aryl methyl sites for hydroxylation is 1. The molecule has 1 aromatic carbocycles. The maximum Gasteiger partial charge on any atom is 0.243 e. The quantitative estimate of drug-likeness (QED) is 0.873. The fourth-order valence-electron chi connectivity index (χ4n) is 3.14. The average molecular weight is 354 g/mol. The number of nitrogens with two attached hydrogens (primary N) is 1. The number of nitrogens with one attached hydrogen (secondary N) is 1. The molecule has 1 fully saturated rings.